The number of esters is 1. The molecule has 0 N–H and O–H groups in total. The third kappa shape index (κ3) is 3.28. The van der Waals surface area contributed by atoms with Crippen LogP contribution in [0, 0.1) is 0 Å². The lowest BCUT2D eigenvalue weighted by atomic mass is 9.97. The summed E-state index contributed by atoms with van der Waals surface area (Å²) in [6, 6.07) is 17.0. The van der Waals surface area contributed by atoms with Crippen LogP contribution in [0.25, 0.3) is 11.1 Å². The summed E-state index contributed by atoms with van der Waals surface area (Å²) in [6.07, 6.45) is 0. The number of carbonyl (C=O) groups excluding carboxylic acids is 2. The number of Topliss-reactive ketones (excluding diaryl/α,β-unsaturated/α-hetero) is 1. The van der Waals surface area contributed by atoms with Crippen LogP contribution in [0.5, 0.6) is 0 Å². The molecule has 0 spiro atoms. The molecule has 0 atom stereocenters. The van der Waals surface area contributed by atoms with E-state index in [0.717, 1.165) is 11.1 Å². The van der Waals surface area contributed by atoms with E-state index in [1.54, 1.807) is 12.1 Å². The Hall–Kier alpha value is -2.42. The Morgan fingerprint density at radius 3 is 2.26 bits per heavy atom. The fourth-order valence-corrected chi connectivity index (χ4v) is 1.84. The van der Waals surface area contributed by atoms with Crippen LogP contribution in [0.4, 0.5) is 0 Å². The molecule has 0 aliphatic heterocycles. The smallest absolute Gasteiger partial charge is 0.303 e. The van der Waals surface area contributed by atoms with Crippen molar-refractivity contribution < 1.29 is 14.3 Å². The predicted molar refractivity (Wildman–Crippen MR) is 72.8 cm³/mol. The minimum absolute atomic E-state index is 0.199. The second kappa shape index (κ2) is 5.96. The van der Waals surface area contributed by atoms with Gasteiger partial charge < -0.3 is 4.74 Å². The van der Waals surface area contributed by atoms with Gasteiger partial charge in [-0.3, -0.25) is 9.59 Å². The van der Waals surface area contributed by atoms with E-state index < -0.39 is 5.97 Å². The summed E-state index contributed by atoms with van der Waals surface area (Å²) in [5, 5.41) is 0. The van der Waals surface area contributed by atoms with Crippen molar-refractivity contribution in [3.8, 4) is 11.1 Å². The summed E-state index contributed by atoms with van der Waals surface area (Å²) >= 11 is 0. The van der Waals surface area contributed by atoms with Crippen molar-refractivity contribution in [2.24, 2.45) is 0 Å². The maximum Gasteiger partial charge on any atom is 0.303 e. The topological polar surface area (TPSA) is 43.4 Å². The lowest BCUT2D eigenvalue weighted by molar-refractivity contribution is -0.139. The van der Waals surface area contributed by atoms with Gasteiger partial charge in [0.2, 0.25) is 5.78 Å². The average molecular weight is 254 g/mol. The van der Waals surface area contributed by atoms with Crippen LogP contribution in [-0.4, -0.2) is 18.4 Å². The van der Waals surface area contributed by atoms with Gasteiger partial charge in [-0.1, -0.05) is 54.6 Å². The molecule has 0 amide bonds. The molecular weight excluding hydrogens is 240 g/mol. The Morgan fingerprint density at radius 1 is 0.947 bits per heavy atom. The van der Waals surface area contributed by atoms with Crippen molar-refractivity contribution in [1.82, 2.24) is 0 Å². The number of benzene rings is 2. The molecule has 0 saturated carbocycles. The molecule has 3 nitrogen and oxygen atoms in total. The second-order valence-electron chi connectivity index (χ2n) is 4.12. The highest BCUT2D eigenvalue weighted by Crippen LogP contribution is 2.23. The summed E-state index contributed by atoms with van der Waals surface area (Å²) in [4.78, 5) is 22.8. The first kappa shape index (κ1) is 13.0. The molecule has 2 aromatic rings. The summed E-state index contributed by atoms with van der Waals surface area (Å²) in [5.41, 5.74) is 2.38. The second-order valence-corrected chi connectivity index (χ2v) is 4.12. The maximum absolute atomic E-state index is 12.1. The highest BCUT2D eigenvalue weighted by atomic mass is 16.5. The van der Waals surface area contributed by atoms with Gasteiger partial charge in [-0.2, -0.15) is 0 Å². The van der Waals surface area contributed by atoms with E-state index >= 15 is 0 Å². The van der Waals surface area contributed by atoms with E-state index in [1.807, 2.05) is 42.5 Å². The first-order chi connectivity index (χ1) is 9.18. The predicted octanol–water partition coefficient (Wildman–Crippen LogP) is 3.10. The first-order valence-corrected chi connectivity index (χ1v) is 5.99. The van der Waals surface area contributed by atoms with E-state index in [2.05, 4.69) is 0 Å². The highest BCUT2D eigenvalue weighted by molar-refractivity contribution is 6.03. The Bertz CT molecular complexity index is 588. The summed E-state index contributed by atoms with van der Waals surface area (Å²) in [7, 11) is 0. The van der Waals surface area contributed by atoms with Crippen LogP contribution in [-0.2, 0) is 9.53 Å². The maximum atomic E-state index is 12.1. The lowest BCUT2D eigenvalue weighted by Crippen LogP contribution is -2.12. The number of hydrogen-bond acceptors (Lipinski definition) is 3. The van der Waals surface area contributed by atoms with Crippen molar-refractivity contribution in [2.75, 3.05) is 6.61 Å². The standard InChI is InChI=1S/C16H14O3/c1-12(17)19-11-16(18)15-10-6-5-9-14(15)13-7-3-2-4-8-13/h2-10H,11H2,1H3. The molecule has 0 radical (unpaired) electrons. The highest BCUT2D eigenvalue weighted by Gasteiger charge is 2.13. The number of carbonyl (C=O) groups is 2. The van der Waals surface area contributed by atoms with Crippen LogP contribution in [0.15, 0.2) is 54.6 Å². The Balaban J connectivity index is 2.31. The van der Waals surface area contributed by atoms with Gasteiger partial charge in [0.25, 0.3) is 0 Å². The zero-order chi connectivity index (χ0) is 13.7. The Labute approximate surface area is 111 Å². The third-order valence-electron chi connectivity index (χ3n) is 2.72. The number of rotatable bonds is 4. The van der Waals surface area contributed by atoms with Gasteiger partial charge in [0.1, 0.15) is 0 Å². The van der Waals surface area contributed by atoms with Crippen LogP contribution >= 0.6 is 0 Å². The molecule has 0 aliphatic carbocycles. The van der Waals surface area contributed by atoms with E-state index in [-0.39, 0.29) is 12.4 Å². The Morgan fingerprint density at radius 2 is 1.58 bits per heavy atom. The minimum atomic E-state index is -0.453. The van der Waals surface area contributed by atoms with Gasteiger partial charge in [-0.25, -0.2) is 0 Å². The molecule has 0 aliphatic rings. The van der Waals surface area contributed by atoms with Crippen molar-refractivity contribution in [3.63, 3.8) is 0 Å². The molecule has 2 rings (SSSR count). The number of ether oxygens (including phenoxy) is 1. The van der Waals surface area contributed by atoms with E-state index in [4.69, 9.17) is 4.74 Å². The van der Waals surface area contributed by atoms with Gasteiger partial charge in [-0.05, 0) is 11.1 Å². The molecule has 0 heterocycles. The quantitative estimate of drug-likeness (QED) is 0.622. The van der Waals surface area contributed by atoms with Crippen molar-refractivity contribution in [3.05, 3.63) is 60.2 Å². The summed E-state index contributed by atoms with van der Waals surface area (Å²) in [5.74, 6) is -0.653. The van der Waals surface area contributed by atoms with Crippen LogP contribution in [0.1, 0.15) is 17.3 Å². The SMILES string of the molecule is CC(=O)OCC(=O)c1ccccc1-c1ccccc1. The van der Waals surface area contributed by atoms with Gasteiger partial charge in [-0.15, -0.1) is 0 Å². The molecule has 19 heavy (non-hydrogen) atoms. The number of ketones is 1. The van der Waals surface area contributed by atoms with Crippen LogP contribution in [0.3, 0.4) is 0 Å². The molecule has 2 aromatic carbocycles. The minimum Gasteiger partial charge on any atom is -0.457 e. The zero-order valence-corrected chi connectivity index (χ0v) is 10.6. The molecule has 0 aromatic heterocycles. The summed E-state index contributed by atoms with van der Waals surface area (Å²) in [6.45, 7) is 1.07. The molecule has 96 valence electrons. The fraction of sp³-hybridized carbons (Fsp3) is 0.125. The fourth-order valence-electron chi connectivity index (χ4n) is 1.84. The Kier molecular flexibility index (Phi) is 4.08. The molecule has 3 heteroatoms. The monoisotopic (exact) mass is 254 g/mol. The van der Waals surface area contributed by atoms with Crippen LogP contribution in [0.2, 0.25) is 0 Å². The van der Waals surface area contributed by atoms with E-state index in [9.17, 15) is 9.59 Å². The van der Waals surface area contributed by atoms with Gasteiger partial charge >= 0.3 is 5.97 Å². The van der Waals surface area contributed by atoms with Crippen molar-refractivity contribution in [1.29, 1.82) is 0 Å². The normalized spacial score (nSPS) is 9.95. The van der Waals surface area contributed by atoms with Gasteiger partial charge in [0.05, 0.1) is 0 Å². The lowest BCUT2D eigenvalue weighted by Gasteiger charge is -2.08. The average Bonchev–Trinajstić information content (AvgIpc) is 2.45. The first-order valence-electron chi connectivity index (χ1n) is 5.99. The van der Waals surface area contributed by atoms with Crippen molar-refractivity contribution >= 4 is 11.8 Å². The van der Waals surface area contributed by atoms with E-state index in [1.165, 1.54) is 6.92 Å². The molecule has 0 fully saturated rings. The largest absolute Gasteiger partial charge is 0.457 e. The third-order valence-corrected chi connectivity index (χ3v) is 2.72. The molecule has 0 bridgehead atoms. The van der Waals surface area contributed by atoms with Crippen LogP contribution < -0.4 is 0 Å². The molecule has 0 unspecified atom stereocenters. The van der Waals surface area contributed by atoms with Crippen molar-refractivity contribution in [2.45, 2.75) is 6.92 Å². The van der Waals surface area contributed by atoms with Gasteiger partial charge in [0, 0.05) is 12.5 Å². The number of hydrogen-bond donors (Lipinski definition) is 0. The van der Waals surface area contributed by atoms with E-state index in [0.29, 0.717) is 5.56 Å². The molecule has 0 saturated heterocycles. The zero-order valence-electron chi connectivity index (χ0n) is 10.6. The molecular formula is C16H14O3. The van der Waals surface area contributed by atoms with Gasteiger partial charge in [0.15, 0.2) is 6.61 Å². The summed E-state index contributed by atoms with van der Waals surface area (Å²) < 4.78 is 4.76.